The van der Waals surface area contributed by atoms with Crippen molar-refractivity contribution in [3.05, 3.63) is 35.4 Å². The maximum Gasteiger partial charge on any atom is 0.338 e. The van der Waals surface area contributed by atoms with Crippen LogP contribution in [0.25, 0.3) is 0 Å². The molecule has 0 saturated carbocycles. The minimum Gasteiger partial charge on any atom is -0.460 e. The molecule has 0 atom stereocenters. The summed E-state index contributed by atoms with van der Waals surface area (Å²) in [5, 5.41) is 0. The van der Waals surface area contributed by atoms with Gasteiger partial charge in [0, 0.05) is 6.61 Å². The van der Waals surface area contributed by atoms with E-state index < -0.39 is 0 Å². The van der Waals surface area contributed by atoms with Gasteiger partial charge in [-0.3, -0.25) is 0 Å². The van der Waals surface area contributed by atoms with Gasteiger partial charge in [0.25, 0.3) is 0 Å². The average molecular weight is 334 g/mol. The fourth-order valence-corrected chi connectivity index (χ4v) is 2.59. The number of esters is 1. The van der Waals surface area contributed by atoms with Crippen LogP contribution in [0.4, 0.5) is 0 Å². The molecule has 0 aliphatic carbocycles. The Labute approximate surface area is 147 Å². The van der Waals surface area contributed by atoms with Gasteiger partial charge in [0.2, 0.25) is 0 Å². The predicted molar refractivity (Wildman–Crippen MR) is 99.5 cm³/mol. The van der Waals surface area contributed by atoms with Gasteiger partial charge in [-0.05, 0) is 36.5 Å². The molecule has 3 heteroatoms. The number of carbonyl (C=O) groups excluding carboxylic acids is 1. The highest BCUT2D eigenvalue weighted by molar-refractivity contribution is 5.89. The van der Waals surface area contributed by atoms with Gasteiger partial charge in [0.15, 0.2) is 0 Å². The Kier molecular flexibility index (Phi) is 11.2. The van der Waals surface area contributed by atoms with Crippen LogP contribution in [0, 0.1) is 5.92 Å². The lowest BCUT2D eigenvalue weighted by Gasteiger charge is -2.07. The zero-order chi connectivity index (χ0) is 17.6. The van der Waals surface area contributed by atoms with Crippen molar-refractivity contribution in [1.29, 1.82) is 0 Å². The van der Waals surface area contributed by atoms with E-state index in [9.17, 15) is 4.79 Å². The van der Waals surface area contributed by atoms with Crippen molar-refractivity contribution < 1.29 is 14.3 Å². The minimum absolute atomic E-state index is 0.268. The molecule has 0 spiro atoms. The molecule has 0 amide bonds. The Hall–Kier alpha value is -1.35. The van der Waals surface area contributed by atoms with Crippen molar-refractivity contribution >= 4 is 5.97 Å². The lowest BCUT2D eigenvalue weighted by Crippen LogP contribution is -2.11. The van der Waals surface area contributed by atoms with Crippen molar-refractivity contribution in [2.45, 2.75) is 65.7 Å². The molecule has 1 aromatic carbocycles. The highest BCUT2D eigenvalue weighted by Crippen LogP contribution is 2.10. The van der Waals surface area contributed by atoms with Crippen LogP contribution in [0.3, 0.4) is 0 Å². The van der Waals surface area contributed by atoms with Gasteiger partial charge in [-0.2, -0.15) is 0 Å². The Balaban J connectivity index is 2.01. The highest BCUT2D eigenvalue weighted by Gasteiger charge is 2.06. The number of aryl methyl sites for hydroxylation is 1. The molecule has 0 heterocycles. The van der Waals surface area contributed by atoms with E-state index in [1.54, 1.807) is 0 Å². The molecule has 0 saturated heterocycles. The number of unbranched alkanes of at least 4 members (excludes halogenated alkanes) is 3. The van der Waals surface area contributed by atoms with E-state index >= 15 is 0 Å². The Bertz CT molecular complexity index is 437. The molecule has 0 radical (unpaired) electrons. The minimum atomic E-state index is -0.268. The molecular weight excluding hydrogens is 300 g/mol. The largest absolute Gasteiger partial charge is 0.460 e. The molecule has 0 N–H and O–H groups in total. The number of carbonyl (C=O) groups is 1. The molecule has 0 bridgehead atoms. The Morgan fingerprint density at radius 1 is 0.958 bits per heavy atom. The normalized spacial score (nSPS) is 11.0. The number of hydrogen-bond donors (Lipinski definition) is 0. The van der Waals surface area contributed by atoms with Crippen LogP contribution in [-0.2, 0) is 15.9 Å². The second kappa shape index (κ2) is 13.0. The molecule has 0 fully saturated rings. The summed E-state index contributed by atoms with van der Waals surface area (Å²) in [6.07, 6.45) is 8.37. The first-order valence-corrected chi connectivity index (χ1v) is 9.47. The Morgan fingerprint density at radius 2 is 1.67 bits per heavy atom. The zero-order valence-corrected chi connectivity index (χ0v) is 15.7. The fraction of sp³-hybridized carbons (Fsp3) is 0.667. The molecule has 24 heavy (non-hydrogen) atoms. The third-order valence-electron chi connectivity index (χ3n) is 4.01. The van der Waals surface area contributed by atoms with Crippen LogP contribution < -0.4 is 0 Å². The van der Waals surface area contributed by atoms with Gasteiger partial charge >= 0.3 is 5.97 Å². The quantitative estimate of drug-likeness (QED) is 0.357. The summed E-state index contributed by atoms with van der Waals surface area (Å²) in [5.41, 5.74) is 1.87. The zero-order valence-electron chi connectivity index (χ0n) is 15.7. The molecule has 1 aromatic rings. The van der Waals surface area contributed by atoms with E-state index in [1.165, 1.54) is 31.2 Å². The molecular formula is C21H34O3. The second-order valence-electron chi connectivity index (χ2n) is 6.79. The summed E-state index contributed by atoms with van der Waals surface area (Å²) in [4.78, 5) is 11.9. The monoisotopic (exact) mass is 334 g/mol. The standard InChI is InChI=1S/C21H34O3/c1-4-9-19-11-13-20(14-12-19)21(22)24-17-16-23-15-8-6-5-7-10-18(2)3/h11-14,18H,4-10,15-17H2,1-3H3. The van der Waals surface area contributed by atoms with Gasteiger partial charge in [0.1, 0.15) is 6.61 Å². The van der Waals surface area contributed by atoms with E-state index in [1.807, 2.05) is 24.3 Å². The van der Waals surface area contributed by atoms with Crippen LogP contribution in [0.5, 0.6) is 0 Å². The van der Waals surface area contributed by atoms with Gasteiger partial charge in [0.05, 0.1) is 12.2 Å². The summed E-state index contributed by atoms with van der Waals surface area (Å²) in [6.45, 7) is 8.24. The van der Waals surface area contributed by atoms with Gasteiger partial charge < -0.3 is 9.47 Å². The number of ether oxygens (including phenoxy) is 2. The van der Waals surface area contributed by atoms with Crippen molar-refractivity contribution in [3.63, 3.8) is 0 Å². The predicted octanol–water partition coefficient (Wildman–Crippen LogP) is 5.42. The first-order chi connectivity index (χ1) is 11.6. The first-order valence-electron chi connectivity index (χ1n) is 9.47. The summed E-state index contributed by atoms with van der Waals surface area (Å²) in [6, 6.07) is 7.67. The van der Waals surface area contributed by atoms with E-state index in [0.717, 1.165) is 31.8 Å². The van der Waals surface area contributed by atoms with Crippen LogP contribution in [-0.4, -0.2) is 25.8 Å². The number of rotatable bonds is 13. The molecule has 136 valence electrons. The molecule has 0 aliphatic rings. The summed E-state index contributed by atoms with van der Waals surface area (Å²) in [7, 11) is 0. The second-order valence-corrected chi connectivity index (χ2v) is 6.79. The summed E-state index contributed by atoms with van der Waals surface area (Å²) >= 11 is 0. The summed E-state index contributed by atoms with van der Waals surface area (Å²) < 4.78 is 10.8. The summed E-state index contributed by atoms with van der Waals surface area (Å²) in [5.74, 6) is 0.536. The third-order valence-corrected chi connectivity index (χ3v) is 4.01. The third kappa shape index (κ3) is 9.71. The average Bonchev–Trinajstić information content (AvgIpc) is 2.57. The van der Waals surface area contributed by atoms with Crippen LogP contribution in [0.1, 0.15) is 75.2 Å². The van der Waals surface area contributed by atoms with Crippen LogP contribution in [0.15, 0.2) is 24.3 Å². The van der Waals surface area contributed by atoms with E-state index in [4.69, 9.17) is 9.47 Å². The molecule has 0 aliphatic heterocycles. The number of hydrogen-bond acceptors (Lipinski definition) is 3. The SMILES string of the molecule is CCCc1ccc(C(=O)OCCOCCCCCCC(C)C)cc1. The van der Waals surface area contributed by atoms with E-state index in [2.05, 4.69) is 20.8 Å². The van der Waals surface area contributed by atoms with E-state index in [0.29, 0.717) is 18.8 Å². The maximum atomic E-state index is 11.9. The van der Waals surface area contributed by atoms with Crippen LogP contribution >= 0.6 is 0 Å². The van der Waals surface area contributed by atoms with Gasteiger partial charge in [-0.1, -0.05) is 65.0 Å². The fourth-order valence-electron chi connectivity index (χ4n) is 2.59. The van der Waals surface area contributed by atoms with E-state index in [-0.39, 0.29) is 5.97 Å². The topological polar surface area (TPSA) is 35.5 Å². The van der Waals surface area contributed by atoms with Crippen molar-refractivity contribution in [1.82, 2.24) is 0 Å². The smallest absolute Gasteiger partial charge is 0.338 e. The maximum absolute atomic E-state index is 11.9. The van der Waals surface area contributed by atoms with Crippen molar-refractivity contribution in [2.75, 3.05) is 19.8 Å². The lowest BCUT2D eigenvalue weighted by atomic mass is 10.0. The highest BCUT2D eigenvalue weighted by atomic mass is 16.6. The lowest BCUT2D eigenvalue weighted by molar-refractivity contribution is 0.0312. The molecule has 3 nitrogen and oxygen atoms in total. The molecule has 0 aromatic heterocycles. The van der Waals surface area contributed by atoms with Crippen molar-refractivity contribution in [2.24, 2.45) is 5.92 Å². The Morgan fingerprint density at radius 3 is 2.33 bits per heavy atom. The number of benzene rings is 1. The molecule has 1 rings (SSSR count). The van der Waals surface area contributed by atoms with Crippen molar-refractivity contribution in [3.8, 4) is 0 Å². The van der Waals surface area contributed by atoms with Crippen LogP contribution in [0.2, 0.25) is 0 Å². The first kappa shape index (κ1) is 20.7. The van der Waals surface area contributed by atoms with Gasteiger partial charge in [-0.25, -0.2) is 4.79 Å². The van der Waals surface area contributed by atoms with Gasteiger partial charge in [-0.15, -0.1) is 0 Å². The molecule has 0 unspecified atom stereocenters.